The maximum atomic E-state index is 15.4. The van der Waals surface area contributed by atoms with Crippen LogP contribution in [0.5, 0.6) is 0 Å². The summed E-state index contributed by atoms with van der Waals surface area (Å²) in [4.78, 5) is 16.3. The van der Waals surface area contributed by atoms with E-state index in [1.54, 1.807) is 7.05 Å². The van der Waals surface area contributed by atoms with Crippen LogP contribution in [-0.2, 0) is 7.05 Å². The van der Waals surface area contributed by atoms with Gasteiger partial charge in [-0.3, -0.25) is 4.79 Å². The quantitative estimate of drug-likeness (QED) is 0.793. The molecule has 8 heteroatoms. The van der Waals surface area contributed by atoms with E-state index in [0.29, 0.717) is 23.6 Å². The molecule has 1 aromatic heterocycles. The first kappa shape index (κ1) is 19.3. The molecule has 1 amide bonds. The van der Waals surface area contributed by atoms with E-state index in [0.717, 1.165) is 58.0 Å². The molecule has 0 spiro atoms. The molecule has 1 aromatic rings. The molecule has 7 nitrogen and oxygen atoms in total. The Kier molecular flexibility index (Phi) is 4.44. The molecular formula is C21H32FN5O2. The zero-order valence-electron chi connectivity index (χ0n) is 17.4. The van der Waals surface area contributed by atoms with Crippen LogP contribution in [-0.4, -0.2) is 63.5 Å². The van der Waals surface area contributed by atoms with Crippen LogP contribution >= 0.6 is 0 Å². The van der Waals surface area contributed by atoms with Crippen LogP contribution in [0.4, 0.5) is 10.2 Å². The number of nitrogens with zero attached hydrogens (tertiary/aromatic N) is 4. The minimum atomic E-state index is -0.827. The molecule has 4 bridgehead atoms. The van der Waals surface area contributed by atoms with Gasteiger partial charge in [-0.1, -0.05) is 0 Å². The van der Waals surface area contributed by atoms with Gasteiger partial charge in [0.25, 0.3) is 5.91 Å². The van der Waals surface area contributed by atoms with Gasteiger partial charge in [0, 0.05) is 19.1 Å². The topological polar surface area (TPSA) is 87.6 Å². The first-order valence-corrected chi connectivity index (χ1v) is 11.0. The Hall–Kier alpha value is -1.67. The second-order valence-corrected chi connectivity index (χ2v) is 10.1. The van der Waals surface area contributed by atoms with E-state index >= 15 is 4.39 Å². The fourth-order valence-corrected chi connectivity index (χ4v) is 7.17. The van der Waals surface area contributed by atoms with E-state index in [2.05, 4.69) is 21.9 Å². The molecule has 4 aliphatic carbocycles. The number of halogens is 1. The SMILES string of the molecule is CN1CCC(N(c2c(F)c(C(N)=O)nn2C)C2C3CC4CC2CC(O)(C4)C3)CC1. The van der Waals surface area contributed by atoms with Crippen molar-refractivity contribution < 1.29 is 14.3 Å². The smallest absolute Gasteiger partial charge is 0.272 e. The maximum absolute atomic E-state index is 15.4. The summed E-state index contributed by atoms with van der Waals surface area (Å²) in [6.07, 6.45) is 6.65. The molecule has 3 N–H and O–H groups in total. The third-order valence-corrected chi connectivity index (χ3v) is 8.03. The molecular weight excluding hydrogens is 373 g/mol. The van der Waals surface area contributed by atoms with E-state index in [-0.39, 0.29) is 17.8 Å². The first-order chi connectivity index (χ1) is 13.8. The van der Waals surface area contributed by atoms with E-state index in [4.69, 9.17) is 5.73 Å². The Morgan fingerprint density at radius 1 is 1.21 bits per heavy atom. The van der Waals surface area contributed by atoms with Crippen molar-refractivity contribution in [3.05, 3.63) is 11.5 Å². The van der Waals surface area contributed by atoms with Gasteiger partial charge in [0.1, 0.15) is 0 Å². The lowest BCUT2D eigenvalue weighted by Gasteiger charge is -2.61. The third kappa shape index (κ3) is 3.06. The number of hydrogen-bond donors (Lipinski definition) is 2. The molecule has 2 atom stereocenters. The number of aryl methyl sites for hydroxylation is 1. The highest BCUT2D eigenvalue weighted by Crippen LogP contribution is 2.58. The van der Waals surface area contributed by atoms with Crippen molar-refractivity contribution in [3.63, 3.8) is 0 Å². The van der Waals surface area contributed by atoms with Crippen molar-refractivity contribution in [2.24, 2.45) is 30.5 Å². The minimum absolute atomic E-state index is 0.186. The van der Waals surface area contributed by atoms with Crippen LogP contribution in [0, 0.1) is 23.6 Å². The summed E-state index contributed by atoms with van der Waals surface area (Å²) in [5, 5.41) is 15.2. The van der Waals surface area contributed by atoms with E-state index in [1.165, 1.54) is 4.68 Å². The highest BCUT2D eigenvalue weighted by atomic mass is 19.1. The van der Waals surface area contributed by atoms with Crippen molar-refractivity contribution in [2.75, 3.05) is 25.0 Å². The van der Waals surface area contributed by atoms with Crippen molar-refractivity contribution in [2.45, 2.75) is 62.6 Å². The minimum Gasteiger partial charge on any atom is -0.390 e. The normalized spacial score (nSPS) is 37.2. The van der Waals surface area contributed by atoms with Crippen LogP contribution in [0.25, 0.3) is 0 Å². The second kappa shape index (κ2) is 6.67. The van der Waals surface area contributed by atoms with Crippen LogP contribution in [0.1, 0.15) is 55.4 Å². The summed E-state index contributed by atoms with van der Waals surface area (Å²) in [5.74, 6) is 0.288. The molecule has 160 valence electrons. The van der Waals surface area contributed by atoms with Crippen LogP contribution in [0.2, 0.25) is 0 Å². The monoisotopic (exact) mass is 405 g/mol. The lowest BCUT2D eigenvalue weighted by molar-refractivity contribution is -0.135. The molecule has 2 heterocycles. The standard InChI is InChI=1S/C21H32FN5O2/c1-25-5-3-15(4-6-25)27(20-16(22)17(19(23)28)24-26(20)2)18-13-7-12-8-14(18)11-21(29,9-12)10-13/h12-15,18,29H,3-11H2,1-2H3,(H2,23,28). The number of primary amides is 1. The van der Waals surface area contributed by atoms with Gasteiger partial charge in [-0.05, 0) is 82.8 Å². The van der Waals surface area contributed by atoms with Crippen LogP contribution in [0.3, 0.4) is 0 Å². The number of carbonyl (C=O) groups excluding carboxylic acids is 1. The Labute approximate surface area is 171 Å². The second-order valence-electron chi connectivity index (χ2n) is 10.1. The van der Waals surface area contributed by atoms with Crippen LogP contribution < -0.4 is 10.6 Å². The molecule has 4 saturated carbocycles. The Bertz CT molecular complexity index is 802. The zero-order valence-corrected chi connectivity index (χ0v) is 17.4. The molecule has 29 heavy (non-hydrogen) atoms. The van der Waals surface area contributed by atoms with Gasteiger partial charge in [0.15, 0.2) is 17.3 Å². The van der Waals surface area contributed by atoms with Gasteiger partial charge in [0.2, 0.25) is 0 Å². The number of likely N-dealkylation sites (tertiary alicyclic amines) is 1. The molecule has 5 fully saturated rings. The third-order valence-electron chi connectivity index (χ3n) is 8.03. The van der Waals surface area contributed by atoms with E-state index < -0.39 is 17.3 Å². The molecule has 0 aromatic carbocycles. The maximum Gasteiger partial charge on any atom is 0.272 e. The van der Waals surface area contributed by atoms with Crippen LogP contribution in [0.15, 0.2) is 0 Å². The molecule has 0 radical (unpaired) electrons. The summed E-state index contributed by atoms with van der Waals surface area (Å²) in [7, 11) is 3.82. The highest BCUT2D eigenvalue weighted by Gasteiger charge is 2.57. The Morgan fingerprint density at radius 2 is 1.83 bits per heavy atom. The molecule has 6 rings (SSSR count). The van der Waals surface area contributed by atoms with Gasteiger partial charge >= 0.3 is 0 Å². The number of rotatable bonds is 4. The summed E-state index contributed by atoms with van der Waals surface area (Å²) in [5.41, 5.74) is 4.58. The first-order valence-electron chi connectivity index (χ1n) is 11.0. The summed E-state index contributed by atoms with van der Waals surface area (Å²) < 4.78 is 16.9. The summed E-state index contributed by atoms with van der Waals surface area (Å²) >= 11 is 0. The van der Waals surface area contributed by atoms with Gasteiger partial charge in [-0.15, -0.1) is 0 Å². The summed E-state index contributed by atoms with van der Waals surface area (Å²) in [6.45, 7) is 1.94. The fourth-order valence-electron chi connectivity index (χ4n) is 7.17. The number of amides is 1. The molecule has 1 saturated heterocycles. The van der Waals surface area contributed by atoms with Gasteiger partial charge < -0.3 is 20.6 Å². The number of piperidine rings is 1. The van der Waals surface area contributed by atoms with Crippen molar-refractivity contribution >= 4 is 11.7 Å². The summed E-state index contributed by atoms with van der Waals surface area (Å²) in [6, 6.07) is 0.389. The predicted octanol–water partition coefficient (Wildman–Crippen LogP) is 1.50. The number of hydrogen-bond acceptors (Lipinski definition) is 5. The van der Waals surface area contributed by atoms with E-state index in [1.807, 2.05) is 0 Å². The average molecular weight is 406 g/mol. The van der Waals surface area contributed by atoms with Crippen molar-refractivity contribution in [3.8, 4) is 0 Å². The lowest BCUT2D eigenvalue weighted by Crippen LogP contribution is -2.64. The van der Waals surface area contributed by atoms with Gasteiger partial charge in [0.05, 0.1) is 5.60 Å². The van der Waals surface area contributed by atoms with Crippen molar-refractivity contribution in [1.82, 2.24) is 14.7 Å². The number of carbonyl (C=O) groups is 1. The van der Waals surface area contributed by atoms with Gasteiger partial charge in [-0.25, -0.2) is 9.07 Å². The lowest BCUT2D eigenvalue weighted by atomic mass is 9.52. The average Bonchev–Trinajstić information content (AvgIpc) is 2.92. The van der Waals surface area contributed by atoms with E-state index in [9.17, 15) is 9.90 Å². The number of nitrogens with two attached hydrogens (primary N) is 1. The Morgan fingerprint density at radius 3 is 2.34 bits per heavy atom. The highest BCUT2D eigenvalue weighted by molar-refractivity contribution is 5.92. The fraction of sp³-hybridized carbons (Fsp3) is 0.810. The zero-order chi connectivity index (χ0) is 20.5. The van der Waals surface area contributed by atoms with Crippen molar-refractivity contribution in [1.29, 1.82) is 0 Å². The largest absolute Gasteiger partial charge is 0.390 e. The predicted molar refractivity (Wildman–Crippen MR) is 107 cm³/mol. The molecule has 2 unspecified atom stereocenters. The number of aliphatic hydroxyl groups is 1. The Balaban J connectivity index is 1.57. The van der Waals surface area contributed by atoms with Gasteiger partial charge in [-0.2, -0.15) is 5.10 Å². The number of aromatic nitrogens is 2. The molecule has 1 aliphatic heterocycles. The number of anilines is 1. The molecule has 5 aliphatic rings.